The summed E-state index contributed by atoms with van der Waals surface area (Å²) in [4.78, 5) is 30.3. The molecule has 0 radical (unpaired) electrons. The number of rotatable bonds is 4. The van der Waals surface area contributed by atoms with Crippen molar-refractivity contribution in [3.63, 3.8) is 0 Å². The Hall–Kier alpha value is -3.77. The summed E-state index contributed by atoms with van der Waals surface area (Å²) in [6.07, 6.45) is 4.64. The quantitative estimate of drug-likeness (QED) is 0.503. The van der Waals surface area contributed by atoms with Crippen molar-refractivity contribution in [3.8, 4) is 17.6 Å². The number of fused-ring (bicyclic) bond motifs is 2. The van der Waals surface area contributed by atoms with Gasteiger partial charge in [0, 0.05) is 22.6 Å². The first-order valence-corrected chi connectivity index (χ1v) is 14.2. The number of hydrogen-bond acceptors (Lipinski definition) is 9. The Balaban J connectivity index is 1.60. The van der Waals surface area contributed by atoms with Gasteiger partial charge in [0.25, 0.3) is 0 Å². The van der Waals surface area contributed by atoms with Crippen LogP contribution in [0.5, 0.6) is 11.5 Å². The van der Waals surface area contributed by atoms with E-state index in [0.29, 0.717) is 40.5 Å². The molecule has 1 unspecified atom stereocenters. The van der Waals surface area contributed by atoms with Crippen LogP contribution >= 0.6 is 11.3 Å². The molecular formula is C30H31N3O5S. The molecule has 0 bridgehead atoms. The number of ketones is 1. The van der Waals surface area contributed by atoms with E-state index in [2.05, 4.69) is 19.9 Å². The number of nitrogens with zero attached hydrogens (tertiary/aromatic N) is 2. The number of allylic oxidation sites excluding steroid dienone is 3. The van der Waals surface area contributed by atoms with Crippen LogP contribution in [0.4, 0.5) is 5.00 Å². The third-order valence-electron chi connectivity index (χ3n) is 7.95. The molecule has 4 aliphatic rings. The number of nitrogens with two attached hydrogens (primary N) is 1. The van der Waals surface area contributed by atoms with Crippen molar-refractivity contribution >= 4 is 28.1 Å². The molecule has 2 aliphatic carbocycles. The normalized spacial score (nSPS) is 21.4. The Labute approximate surface area is 231 Å². The largest absolute Gasteiger partial charge is 0.462 e. The molecule has 8 nitrogen and oxygen atoms in total. The van der Waals surface area contributed by atoms with Crippen molar-refractivity contribution < 1.29 is 23.8 Å². The monoisotopic (exact) mass is 545 g/mol. The molecule has 0 saturated carbocycles. The van der Waals surface area contributed by atoms with Crippen molar-refractivity contribution in [1.29, 1.82) is 5.26 Å². The molecule has 39 heavy (non-hydrogen) atoms. The molecule has 6 rings (SSSR count). The van der Waals surface area contributed by atoms with Crippen LogP contribution in [0.25, 0.3) is 0 Å². The number of carbonyl (C=O) groups is 2. The smallest absolute Gasteiger partial charge is 0.341 e. The van der Waals surface area contributed by atoms with Crippen LogP contribution in [-0.4, -0.2) is 25.2 Å². The molecule has 3 heterocycles. The molecule has 1 aromatic heterocycles. The van der Waals surface area contributed by atoms with Gasteiger partial charge in [-0.3, -0.25) is 9.69 Å². The molecule has 0 spiro atoms. The van der Waals surface area contributed by atoms with Gasteiger partial charge in [-0.25, -0.2) is 4.79 Å². The van der Waals surface area contributed by atoms with E-state index in [9.17, 15) is 14.9 Å². The Morgan fingerprint density at radius 3 is 2.77 bits per heavy atom. The standard InChI is InChI=1S/C30H31N3O5S/c1-4-36-29(35)25-17-7-5-6-8-23(17)39-28(25)33-19-12-30(2,3)13-20(34)26(19)24(18(14-31)27(33)32)16-9-10-21-22(11-16)38-15-37-21/h9-11,24H,4-8,12-13,15,32H2,1-3H3. The maximum atomic E-state index is 13.9. The van der Waals surface area contributed by atoms with E-state index in [1.54, 1.807) is 13.0 Å². The number of anilines is 1. The highest BCUT2D eigenvalue weighted by Gasteiger charge is 2.46. The van der Waals surface area contributed by atoms with E-state index < -0.39 is 5.92 Å². The zero-order valence-electron chi connectivity index (χ0n) is 22.4. The molecule has 1 atom stereocenters. The van der Waals surface area contributed by atoms with Gasteiger partial charge in [0.05, 0.1) is 29.7 Å². The van der Waals surface area contributed by atoms with Gasteiger partial charge < -0.3 is 19.9 Å². The van der Waals surface area contributed by atoms with Crippen molar-refractivity contribution in [2.75, 3.05) is 18.3 Å². The van der Waals surface area contributed by atoms with Gasteiger partial charge >= 0.3 is 5.97 Å². The summed E-state index contributed by atoms with van der Waals surface area (Å²) in [5.41, 5.74) is 10.4. The minimum absolute atomic E-state index is 0.0202. The van der Waals surface area contributed by atoms with E-state index in [4.69, 9.17) is 19.9 Å². The fraction of sp³-hybridized carbons (Fsp3) is 0.433. The third kappa shape index (κ3) is 4.09. The highest BCUT2D eigenvalue weighted by atomic mass is 32.1. The van der Waals surface area contributed by atoms with Crippen LogP contribution in [0.2, 0.25) is 0 Å². The topological polar surface area (TPSA) is 115 Å². The number of carbonyl (C=O) groups excluding carboxylic acids is 2. The van der Waals surface area contributed by atoms with E-state index in [0.717, 1.165) is 47.4 Å². The highest BCUT2D eigenvalue weighted by molar-refractivity contribution is 7.16. The van der Waals surface area contributed by atoms with E-state index in [1.807, 2.05) is 17.0 Å². The number of ether oxygens (including phenoxy) is 3. The predicted molar refractivity (Wildman–Crippen MR) is 147 cm³/mol. The van der Waals surface area contributed by atoms with Crippen LogP contribution in [0.15, 0.2) is 40.9 Å². The zero-order chi connectivity index (χ0) is 27.5. The Bertz CT molecular complexity index is 1510. The molecule has 2 N–H and O–H groups in total. The van der Waals surface area contributed by atoms with Gasteiger partial charge in [0.2, 0.25) is 6.79 Å². The second kappa shape index (κ2) is 9.45. The van der Waals surface area contributed by atoms with E-state index in [1.165, 1.54) is 11.3 Å². The van der Waals surface area contributed by atoms with Crippen molar-refractivity contribution in [2.24, 2.45) is 11.1 Å². The molecule has 9 heteroatoms. The van der Waals surface area contributed by atoms with Crippen LogP contribution in [0.1, 0.15) is 78.7 Å². The number of nitriles is 1. The fourth-order valence-electron chi connectivity index (χ4n) is 6.29. The average Bonchev–Trinajstić information content (AvgIpc) is 3.51. The third-order valence-corrected chi connectivity index (χ3v) is 9.22. The number of benzene rings is 1. The molecular weight excluding hydrogens is 514 g/mol. The van der Waals surface area contributed by atoms with Crippen LogP contribution in [0, 0.1) is 16.7 Å². The second-order valence-electron chi connectivity index (χ2n) is 11.2. The average molecular weight is 546 g/mol. The van der Waals surface area contributed by atoms with Gasteiger partial charge in [-0.05, 0) is 67.7 Å². The molecule has 1 aromatic carbocycles. The minimum Gasteiger partial charge on any atom is -0.462 e. The summed E-state index contributed by atoms with van der Waals surface area (Å²) < 4.78 is 16.6. The molecule has 0 saturated heterocycles. The minimum atomic E-state index is -0.639. The summed E-state index contributed by atoms with van der Waals surface area (Å²) in [5.74, 6) is 0.397. The van der Waals surface area contributed by atoms with Gasteiger partial charge in [0.1, 0.15) is 10.8 Å². The lowest BCUT2D eigenvalue weighted by Crippen LogP contribution is -2.42. The lowest BCUT2D eigenvalue weighted by atomic mass is 9.68. The first-order valence-electron chi connectivity index (χ1n) is 13.4. The summed E-state index contributed by atoms with van der Waals surface area (Å²) in [6.45, 7) is 6.30. The molecule has 2 aromatic rings. The van der Waals surface area contributed by atoms with E-state index >= 15 is 0 Å². The molecule has 2 aliphatic heterocycles. The van der Waals surface area contributed by atoms with Crippen molar-refractivity contribution in [1.82, 2.24) is 0 Å². The maximum Gasteiger partial charge on any atom is 0.341 e. The number of hydrogen-bond donors (Lipinski definition) is 1. The van der Waals surface area contributed by atoms with Crippen LogP contribution in [-0.2, 0) is 22.4 Å². The molecule has 0 fully saturated rings. The van der Waals surface area contributed by atoms with Gasteiger partial charge in [0.15, 0.2) is 17.3 Å². The molecule has 202 valence electrons. The summed E-state index contributed by atoms with van der Waals surface area (Å²) >= 11 is 1.53. The van der Waals surface area contributed by atoms with Crippen molar-refractivity contribution in [3.05, 3.63) is 62.4 Å². The number of Topliss-reactive ketones (excluding diaryl/α,β-unsaturated/α-hetero) is 1. The molecule has 0 amide bonds. The fourth-order valence-corrected chi connectivity index (χ4v) is 7.71. The lowest BCUT2D eigenvalue weighted by Gasteiger charge is -2.43. The Kier molecular flexibility index (Phi) is 6.18. The maximum absolute atomic E-state index is 13.9. The number of esters is 1. The summed E-state index contributed by atoms with van der Waals surface area (Å²) in [5, 5.41) is 11.1. The van der Waals surface area contributed by atoms with Gasteiger partial charge in [-0.15, -0.1) is 11.3 Å². The lowest BCUT2D eigenvalue weighted by molar-refractivity contribution is -0.118. The first kappa shape index (κ1) is 25.5. The zero-order valence-corrected chi connectivity index (χ0v) is 23.2. The van der Waals surface area contributed by atoms with Crippen LogP contribution in [0.3, 0.4) is 0 Å². The highest BCUT2D eigenvalue weighted by Crippen LogP contribution is 2.53. The number of thiophene rings is 1. The van der Waals surface area contributed by atoms with E-state index in [-0.39, 0.29) is 42.0 Å². The first-order chi connectivity index (χ1) is 18.7. The summed E-state index contributed by atoms with van der Waals surface area (Å²) in [7, 11) is 0. The van der Waals surface area contributed by atoms with Crippen LogP contribution < -0.4 is 20.1 Å². The summed E-state index contributed by atoms with van der Waals surface area (Å²) in [6, 6.07) is 7.82. The predicted octanol–water partition coefficient (Wildman–Crippen LogP) is 5.47. The Morgan fingerprint density at radius 1 is 1.23 bits per heavy atom. The van der Waals surface area contributed by atoms with Crippen molar-refractivity contribution in [2.45, 2.75) is 65.2 Å². The van der Waals surface area contributed by atoms with Gasteiger partial charge in [-0.1, -0.05) is 19.9 Å². The Morgan fingerprint density at radius 2 is 2.00 bits per heavy atom. The number of aryl methyl sites for hydroxylation is 1. The van der Waals surface area contributed by atoms with Gasteiger partial charge in [-0.2, -0.15) is 5.26 Å². The second-order valence-corrected chi connectivity index (χ2v) is 12.3. The SMILES string of the molecule is CCOC(=O)c1c(N2C(N)=C(C#N)C(c3ccc4c(c3)OCO4)C3=C2CC(C)(C)CC3=O)sc2c1CCCC2.